The van der Waals surface area contributed by atoms with Gasteiger partial charge in [0.25, 0.3) is 0 Å². The molecule has 0 nitrogen and oxygen atoms in total. The molecule has 1 fully saturated rings. The minimum atomic E-state index is 1.01. The van der Waals surface area contributed by atoms with Crippen LogP contribution in [0.3, 0.4) is 0 Å². The van der Waals surface area contributed by atoms with Gasteiger partial charge < -0.3 is 0 Å². The van der Waals surface area contributed by atoms with E-state index in [0.29, 0.717) is 0 Å². The first-order chi connectivity index (χ1) is 6.93. The molecule has 0 unspecified atom stereocenters. The maximum Gasteiger partial charge on any atom is 0.00470 e. The molecule has 0 aromatic heterocycles. The minimum Gasteiger partial charge on any atom is -0.159 e. The molecule has 0 atom stereocenters. The van der Waals surface area contributed by atoms with Crippen LogP contribution in [0.2, 0.25) is 0 Å². The molecule has 0 heterocycles. The van der Waals surface area contributed by atoms with Crippen molar-refractivity contribution >= 4 is 11.8 Å². The summed E-state index contributed by atoms with van der Waals surface area (Å²) in [6.45, 7) is 2.29. The molecule has 0 bridgehead atoms. The van der Waals surface area contributed by atoms with Crippen molar-refractivity contribution < 1.29 is 0 Å². The van der Waals surface area contributed by atoms with E-state index in [1.807, 2.05) is 0 Å². The Labute approximate surface area is 94.2 Å². The van der Waals surface area contributed by atoms with Gasteiger partial charge in [-0.1, -0.05) is 51.9 Å². The summed E-state index contributed by atoms with van der Waals surface area (Å²) in [4.78, 5) is 0. The molecule has 0 spiro atoms. The third-order valence-electron chi connectivity index (χ3n) is 3.15. The first kappa shape index (κ1) is 12.4. The Morgan fingerprint density at radius 2 is 1.64 bits per heavy atom. The molecule has 0 radical (unpaired) electrons. The van der Waals surface area contributed by atoms with Crippen LogP contribution in [0, 0.1) is 0 Å². The topological polar surface area (TPSA) is 0 Å². The van der Waals surface area contributed by atoms with Crippen molar-refractivity contribution in [2.75, 3.05) is 5.75 Å². The number of hydrogen-bond donors (Lipinski definition) is 0. The average Bonchev–Trinajstić information content (AvgIpc) is 2.46. The molecule has 0 aromatic carbocycles. The first-order valence-electron chi connectivity index (χ1n) is 6.55. The SMILES string of the molecule is CCCCCCSC1CCCCCC1. The van der Waals surface area contributed by atoms with Gasteiger partial charge in [0, 0.05) is 5.25 Å². The second-order valence-corrected chi connectivity index (χ2v) is 5.95. The highest BCUT2D eigenvalue weighted by molar-refractivity contribution is 7.99. The zero-order valence-corrected chi connectivity index (χ0v) is 10.6. The monoisotopic (exact) mass is 214 g/mol. The molecule has 1 saturated carbocycles. The van der Waals surface area contributed by atoms with Crippen LogP contribution in [0.1, 0.15) is 71.1 Å². The minimum absolute atomic E-state index is 1.01. The highest BCUT2D eigenvalue weighted by Gasteiger charge is 2.11. The van der Waals surface area contributed by atoms with Crippen LogP contribution in [0.25, 0.3) is 0 Å². The summed E-state index contributed by atoms with van der Waals surface area (Å²) in [7, 11) is 0. The Kier molecular flexibility index (Phi) is 7.67. The predicted octanol–water partition coefficient (Wildman–Crippen LogP) is 5.02. The lowest BCUT2D eigenvalue weighted by molar-refractivity contribution is 0.696. The van der Waals surface area contributed by atoms with E-state index < -0.39 is 0 Å². The van der Waals surface area contributed by atoms with Crippen molar-refractivity contribution in [3.63, 3.8) is 0 Å². The van der Waals surface area contributed by atoms with E-state index in [4.69, 9.17) is 0 Å². The summed E-state index contributed by atoms with van der Waals surface area (Å²) in [6.07, 6.45) is 14.7. The van der Waals surface area contributed by atoms with Crippen LogP contribution in [-0.4, -0.2) is 11.0 Å². The van der Waals surface area contributed by atoms with Crippen molar-refractivity contribution in [3.8, 4) is 0 Å². The lowest BCUT2D eigenvalue weighted by Gasteiger charge is -2.12. The van der Waals surface area contributed by atoms with E-state index in [2.05, 4.69) is 18.7 Å². The van der Waals surface area contributed by atoms with Crippen LogP contribution in [0.5, 0.6) is 0 Å². The Morgan fingerprint density at radius 1 is 0.929 bits per heavy atom. The zero-order chi connectivity index (χ0) is 10.1. The molecule has 0 aliphatic heterocycles. The summed E-state index contributed by atoms with van der Waals surface area (Å²) in [6, 6.07) is 0. The molecule has 14 heavy (non-hydrogen) atoms. The first-order valence-corrected chi connectivity index (χ1v) is 7.60. The third-order valence-corrected chi connectivity index (χ3v) is 4.62. The van der Waals surface area contributed by atoms with Gasteiger partial charge in [-0.25, -0.2) is 0 Å². The van der Waals surface area contributed by atoms with Crippen LogP contribution < -0.4 is 0 Å². The van der Waals surface area contributed by atoms with Gasteiger partial charge >= 0.3 is 0 Å². The van der Waals surface area contributed by atoms with Gasteiger partial charge in [0.1, 0.15) is 0 Å². The molecular formula is C13H26S. The Morgan fingerprint density at radius 3 is 2.29 bits per heavy atom. The number of thioether (sulfide) groups is 1. The van der Waals surface area contributed by atoms with Gasteiger partial charge in [-0.05, 0) is 25.0 Å². The summed E-state index contributed by atoms with van der Waals surface area (Å²) < 4.78 is 0. The summed E-state index contributed by atoms with van der Waals surface area (Å²) in [5.74, 6) is 1.42. The predicted molar refractivity (Wildman–Crippen MR) is 68.1 cm³/mol. The second kappa shape index (κ2) is 8.64. The molecule has 0 saturated heterocycles. The van der Waals surface area contributed by atoms with E-state index in [1.165, 1.54) is 70.0 Å². The zero-order valence-electron chi connectivity index (χ0n) is 9.76. The van der Waals surface area contributed by atoms with E-state index in [9.17, 15) is 0 Å². The van der Waals surface area contributed by atoms with Gasteiger partial charge in [-0.2, -0.15) is 11.8 Å². The van der Waals surface area contributed by atoms with Crippen molar-refractivity contribution in [3.05, 3.63) is 0 Å². The normalized spacial score (nSPS) is 19.5. The maximum absolute atomic E-state index is 2.29. The van der Waals surface area contributed by atoms with Crippen molar-refractivity contribution in [2.24, 2.45) is 0 Å². The molecule has 1 aliphatic rings. The van der Waals surface area contributed by atoms with Gasteiger partial charge in [0.15, 0.2) is 0 Å². The maximum atomic E-state index is 2.29. The molecule has 1 heteroatoms. The Bertz CT molecular complexity index is 114. The van der Waals surface area contributed by atoms with E-state index >= 15 is 0 Å². The number of hydrogen-bond acceptors (Lipinski definition) is 1. The molecule has 0 N–H and O–H groups in total. The van der Waals surface area contributed by atoms with Crippen LogP contribution in [0.15, 0.2) is 0 Å². The molecular weight excluding hydrogens is 188 g/mol. The molecule has 0 aromatic rings. The third kappa shape index (κ3) is 5.95. The van der Waals surface area contributed by atoms with Crippen molar-refractivity contribution in [1.82, 2.24) is 0 Å². The van der Waals surface area contributed by atoms with Gasteiger partial charge in [-0.3, -0.25) is 0 Å². The Hall–Kier alpha value is 0.350. The van der Waals surface area contributed by atoms with Crippen molar-refractivity contribution in [2.45, 2.75) is 76.4 Å². The van der Waals surface area contributed by atoms with Gasteiger partial charge in [0.05, 0.1) is 0 Å². The van der Waals surface area contributed by atoms with E-state index in [0.717, 1.165) is 5.25 Å². The highest BCUT2D eigenvalue weighted by Crippen LogP contribution is 2.27. The summed E-state index contributed by atoms with van der Waals surface area (Å²) in [5.41, 5.74) is 0. The van der Waals surface area contributed by atoms with Crippen LogP contribution in [0.4, 0.5) is 0 Å². The van der Waals surface area contributed by atoms with E-state index in [-0.39, 0.29) is 0 Å². The van der Waals surface area contributed by atoms with Crippen LogP contribution in [-0.2, 0) is 0 Å². The fourth-order valence-corrected chi connectivity index (χ4v) is 3.56. The number of unbranched alkanes of at least 4 members (excludes halogenated alkanes) is 3. The molecule has 1 aliphatic carbocycles. The van der Waals surface area contributed by atoms with Crippen molar-refractivity contribution in [1.29, 1.82) is 0 Å². The fourth-order valence-electron chi connectivity index (χ4n) is 2.19. The fraction of sp³-hybridized carbons (Fsp3) is 1.00. The highest BCUT2D eigenvalue weighted by atomic mass is 32.2. The second-order valence-electron chi connectivity index (χ2n) is 4.55. The largest absolute Gasteiger partial charge is 0.159 e. The van der Waals surface area contributed by atoms with E-state index in [1.54, 1.807) is 0 Å². The summed E-state index contributed by atoms with van der Waals surface area (Å²) >= 11 is 2.26. The molecule has 84 valence electrons. The summed E-state index contributed by atoms with van der Waals surface area (Å²) in [5, 5.41) is 1.01. The van der Waals surface area contributed by atoms with Crippen LogP contribution >= 0.6 is 11.8 Å². The smallest absolute Gasteiger partial charge is 0.00470 e. The number of rotatable bonds is 6. The quantitative estimate of drug-likeness (QED) is 0.442. The lowest BCUT2D eigenvalue weighted by Crippen LogP contribution is -2.01. The molecule has 1 rings (SSSR count). The standard InChI is InChI=1S/C13H26S/c1-2-3-4-9-12-14-13-10-7-5-6-8-11-13/h13H,2-12H2,1H3. The average molecular weight is 214 g/mol. The van der Waals surface area contributed by atoms with Gasteiger partial charge in [0.2, 0.25) is 0 Å². The molecule has 0 amide bonds. The van der Waals surface area contributed by atoms with Gasteiger partial charge in [-0.15, -0.1) is 0 Å². The lowest BCUT2D eigenvalue weighted by atomic mass is 10.2. The Balaban J connectivity index is 1.93.